The Kier molecular flexibility index (Phi) is 5.70. The molecule has 1 amide bonds. The van der Waals surface area contributed by atoms with Crippen molar-refractivity contribution in [3.63, 3.8) is 0 Å². The van der Waals surface area contributed by atoms with Crippen molar-refractivity contribution < 1.29 is 4.79 Å². The second-order valence-electron chi connectivity index (χ2n) is 4.39. The monoisotopic (exact) mass is 234 g/mol. The van der Waals surface area contributed by atoms with Gasteiger partial charge < -0.3 is 10.6 Å². The van der Waals surface area contributed by atoms with Crippen LogP contribution in [0.3, 0.4) is 0 Å². The fraction of sp³-hybridized carbons (Fsp3) is 0.500. The van der Waals surface area contributed by atoms with Crippen LogP contribution in [-0.4, -0.2) is 23.4 Å². The third-order valence-corrected chi connectivity index (χ3v) is 2.70. The lowest BCUT2D eigenvalue weighted by Gasteiger charge is -2.24. The first kappa shape index (κ1) is 13.7. The molecule has 0 aliphatic rings. The molecule has 0 bridgehead atoms. The largest absolute Gasteiger partial charge is 0.337 e. The second-order valence-corrected chi connectivity index (χ2v) is 4.39. The average molecular weight is 234 g/mol. The summed E-state index contributed by atoms with van der Waals surface area (Å²) >= 11 is 0. The number of amides is 1. The summed E-state index contributed by atoms with van der Waals surface area (Å²) in [5.74, 6) is 0.0299. The molecule has 0 radical (unpaired) electrons. The first-order chi connectivity index (χ1) is 8.15. The van der Waals surface area contributed by atoms with E-state index < -0.39 is 6.04 Å². The van der Waals surface area contributed by atoms with Crippen molar-refractivity contribution in [3.8, 4) is 0 Å². The summed E-state index contributed by atoms with van der Waals surface area (Å²) in [6.45, 7) is 5.30. The van der Waals surface area contributed by atoms with Crippen molar-refractivity contribution in [3.05, 3.63) is 35.9 Å². The Morgan fingerprint density at radius 1 is 1.35 bits per heavy atom. The summed E-state index contributed by atoms with van der Waals surface area (Å²) in [6, 6.07) is 9.61. The van der Waals surface area contributed by atoms with Gasteiger partial charge in [0, 0.05) is 13.1 Å². The minimum absolute atomic E-state index is 0.0299. The quantitative estimate of drug-likeness (QED) is 0.820. The number of unbranched alkanes of at least 4 members (excludes halogenated alkanes) is 1. The molecule has 1 aromatic carbocycles. The molecule has 0 aromatic heterocycles. The van der Waals surface area contributed by atoms with Crippen LogP contribution >= 0.6 is 0 Å². The molecule has 2 N–H and O–H groups in total. The highest BCUT2D eigenvalue weighted by Gasteiger charge is 2.16. The molecular formula is C14H22N2O. The van der Waals surface area contributed by atoms with E-state index in [1.807, 2.05) is 35.2 Å². The van der Waals surface area contributed by atoms with Crippen LogP contribution in [0.1, 0.15) is 32.3 Å². The Hall–Kier alpha value is -1.35. The lowest BCUT2D eigenvalue weighted by atomic mass is 10.2. The van der Waals surface area contributed by atoms with E-state index in [1.165, 1.54) is 0 Å². The van der Waals surface area contributed by atoms with Crippen molar-refractivity contribution in [1.82, 2.24) is 4.90 Å². The second kappa shape index (κ2) is 7.07. The van der Waals surface area contributed by atoms with Gasteiger partial charge in [0.15, 0.2) is 0 Å². The molecule has 0 fully saturated rings. The van der Waals surface area contributed by atoms with Crippen LogP contribution in [-0.2, 0) is 11.3 Å². The molecule has 0 heterocycles. The summed E-state index contributed by atoms with van der Waals surface area (Å²) in [5.41, 5.74) is 6.82. The van der Waals surface area contributed by atoms with Crippen LogP contribution in [0.5, 0.6) is 0 Å². The highest BCUT2D eigenvalue weighted by Crippen LogP contribution is 2.07. The topological polar surface area (TPSA) is 46.3 Å². The van der Waals surface area contributed by atoms with Crippen molar-refractivity contribution in [2.24, 2.45) is 5.73 Å². The molecule has 1 rings (SSSR count). The molecule has 0 saturated heterocycles. The summed E-state index contributed by atoms with van der Waals surface area (Å²) < 4.78 is 0. The Bertz CT molecular complexity index is 335. The van der Waals surface area contributed by atoms with E-state index in [2.05, 4.69) is 6.92 Å². The number of hydrogen-bond acceptors (Lipinski definition) is 2. The van der Waals surface area contributed by atoms with Gasteiger partial charge in [-0.2, -0.15) is 0 Å². The first-order valence-corrected chi connectivity index (χ1v) is 6.23. The van der Waals surface area contributed by atoms with Crippen LogP contribution in [0.25, 0.3) is 0 Å². The van der Waals surface area contributed by atoms with E-state index in [9.17, 15) is 4.79 Å². The van der Waals surface area contributed by atoms with E-state index in [4.69, 9.17) is 5.73 Å². The molecule has 0 unspecified atom stereocenters. The molecule has 1 aromatic rings. The summed E-state index contributed by atoms with van der Waals surface area (Å²) in [6.07, 6.45) is 2.10. The van der Waals surface area contributed by atoms with E-state index in [1.54, 1.807) is 6.92 Å². The fourth-order valence-electron chi connectivity index (χ4n) is 1.71. The SMILES string of the molecule is CCCCN(Cc1ccccc1)C(=O)[C@H](C)N. The lowest BCUT2D eigenvalue weighted by Crippen LogP contribution is -2.42. The van der Waals surface area contributed by atoms with Crippen LogP contribution in [0.2, 0.25) is 0 Å². The number of carbonyl (C=O) groups excluding carboxylic acids is 1. The summed E-state index contributed by atoms with van der Waals surface area (Å²) in [4.78, 5) is 13.8. The molecule has 3 nitrogen and oxygen atoms in total. The van der Waals surface area contributed by atoms with Crippen molar-refractivity contribution in [2.45, 2.75) is 39.3 Å². The van der Waals surface area contributed by atoms with Gasteiger partial charge in [-0.3, -0.25) is 4.79 Å². The van der Waals surface area contributed by atoms with Crippen molar-refractivity contribution >= 4 is 5.91 Å². The van der Waals surface area contributed by atoms with Crippen molar-refractivity contribution in [2.75, 3.05) is 6.54 Å². The molecule has 1 atom stereocenters. The number of nitrogens with zero attached hydrogens (tertiary/aromatic N) is 1. The minimum Gasteiger partial charge on any atom is -0.337 e. The van der Waals surface area contributed by atoms with Gasteiger partial charge in [-0.15, -0.1) is 0 Å². The van der Waals surface area contributed by atoms with Gasteiger partial charge >= 0.3 is 0 Å². The van der Waals surface area contributed by atoms with Crippen LogP contribution < -0.4 is 5.73 Å². The smallest absolute Gasteiger partial charge is 0.239 e. The molecule has 94 valence electrons. The zero-order valence-electron chi connectivity index (χ0n) is 10.7. The van der Waals surface area contributed by atoms with Gasteiger partial charge in [0.25, 0.3) is 0 Å². The molecule has 0 saturated carbocycles. The standard InChI is InChI=1S/C14H22N2O/c1-3-4-10-16(14(17)12(2)15)11-13-8-6-5-7-9-13/h5-9,12H,3-4,10-11,15H2,1-2H3/t12-/m0/s1. The van der Waals surface area contributed by atoms with Crippen LogP contribution in [0.4, 0.5) is 0 Å². The van der Waals surface area contributed by atoms with E-state index in [0.29, 0.717) is 6.54 Å². The summed E-state index contributed by atoms with van der Waals surface area (Å²) in [7, 11) is 0. The molecular weight excluding hydrogens is 212 g/mol. The lowest BCUT2D eigenvalue weighted by molar-refractivity contribution is -0.132. The highest BCUT2D eigenvalue weighted by atomic mass is 16.2. The number of nitrogens with two attached hydrogens (primary N) is 1. The highest BCUT2D eigenvalue weighted by molar-refractivity contribution is 5.81. The molecule has 0 spiro atoms. The predicted molar refractivity (Wildman–Crippen MR) is 70.4 cm³/mol. The maximum atomic E-state index is 12.0. The number of carbonyl (C=O) groups is 1. The molecule has 0 aliphatic heterocycles. The van der Waals surface area contributed by atoms with Crippen molar-refractivity contribution in [1.29, 1.82) is 0 Å². The molecule has 17 heavy (non-hydrogen) atoms. The number of rotatable bonds is 6. The van der Waals surface area contributed by atoms with Crippen LogP contribution in [0, 0.1) is 0 Å². The van der Waals surface area contributed by atoms with Crippen LogP contribution in [0.15, 0.2) is 30.3 Å². The summed E-state index contributed by atoms with van der Waals surface area (Å²) in [5, 5.41) is 0. The zero-order chi connectivity index (χ0) is 12.7. The minimum atomic E-state index is -0.421. The Morgan fingerprint density at radius 3 is 2.53 bits per heavy atom. The maximum absolute atomic E-state index is 12.0. The van der Waals surface area contributed by atoms with E-state index in [0.717, 1.165) is 24.9 Å². The molecule has 0 aliphatic carbocycles. The Morgan fingerprint density at radius 2 is 2.00 bits per heavy atom. The first-order valence-electron chi connectivity index (χ1n) is 6.23. The average Bonchev–Trinajstić information content (AvgIpc) is 2.34. The number of hydrogen-bond donors (Lipinski definition) is 1. The van der Waals surface area contributed by atoms with Gasteiger partial charge in [-0.25, -0.2) is 0 Å². The van der Waals surface area contributed by atoms with Gasteiger partial charge in [0.05, 0.1) is 6.04 Å². The zero-order valence-corrected chi connectivity index (χ0v) is 10.7. The Labute approximate surface area is 104 Å². The number of benzene rings is 1. The maximum Gasteiger partial charge on any atom is 0.239 e. The van der Waals surface area contributed by atoms with Gasteiger partial charge in [0.2, 0.25) is 5.91 Å². The molecule has 3 heteroatoms. The van der Waals surface area contributed by atoms with Gasteiger partial charge in [-0.05, 0) is 18.9 Å². The van der Waals surface area contributed by atoms with E-state index in [-0.39, 0.29) is 5.91 Å². The third-order valence-electron chi connectivity index (χ3n) is 2.70. The van der Waals surface area contributed by atoms with Gasteiger partial charge in [-0.1, -0.05) is 43.7 Å². The Balaban J connectivity index is 2.66. The fourth-order valence-corrected chi connectivity index (χ4v) is 1.71. The predicted octanol–water partition coefficient (Wildman–Crippen LogP) is 2.16. The van der Waals surface area contributed by atoms with E-state index >= 15 is 0 Å². The normalized spacial score (nSPS) is 12.2. The van der Waals surface area contributed by atoms with Gasteiger partial charge in [0.1, 0.15) is 0 Å². The third kappa shape index (κ3) is 4.57.